The Bertz CT molecular complexity index is 352. The molecule has 1 aromatic rings. The Hall–Kier alpha value is -0.900. The van der Waals surface area contributed by atoms with Crippen molar-refractivity contribution in [2.45, 2.75) is 46.6 Å². The molecule has 1 aromatic heterocycles. The summed E-state index contributed by atoms with van der Waals surface area (Å²) in [6.45, 7) is 8.98. The van der Waals surface area contributed by atoms with Gasteiger partial charge in [0.15, 0.2) is 0 Å². The van der Waals surface area contributed by atoms with E-state index in [0.717, 1.165) is 30.8 Å². The first-order valence-corrected chi connectivity index (χ1v) is 6.67. The van der Waals surface area contributed by atoms with Crippen LogP contribution in [0.2, 0.25) is 0 Å². The molecular weight excluding hydrogens is 236 g/mol. The Labute approximate surface area is 108 Å². The van der Waals surface area contributed by atoms with E-state index < -0.39 is 0 Å². The summed E-state index contributed by atoms with van der Waals surface area (Å²) in [5, 5.41) is 8.32. The molecule has 4 nitrogen and oxygen atoms in total. The van der Waals surface area contributed by atoms with E-state index in [0.29, 0.717) is 17.9 Å². The number of anilines is 1. The summed E-state index contributed by atoms with van der Waals surface area (Å²) < 4.78 is 0. The summed E-state index contributed by atoms with van der Waals surface area (Å²) in [4.78, 5) is 6.66. The maximum atomic E-state index is 5.86. The molecule has 5 heteroatoms. The lowest BCUT2D eigenvalue weighted by molar-refractivity contribution is 0.552. The number of rotatable bonds is 6. The van der Waals surface area contributed by atoms with Crippen molar-refractivity contribution in [1.29, 1.82) is 0 Å². The number of halogens is 1. The van der Waals surface area contributed by atoms with Gasteiger partial charge in [-0.3, -0.25) is 0 Å². The molecule has 0 saturated carbocycles. The molecule has 0 aromatic carbocycles. The van der Waals surface area contributed by atoms with Crippen LogP contribution in [-0.2, 0) is 0 Å². The number of hydrogen-bond acceptors (Lipinski definition) is 4. The molecule has 1 rings (SSSR count). The maximum Gasteiger partial charge on any atom is 0.245 e. The van der Waals surface area contributed by atoms with Gasteiger partial charge in [0.05, 0.1) is 11.4 Å². The number of nitrogens with zero attached hydrogens (tertiary/aromatic N) is 4. The quantitative estimate of drug-likeness (QED) is 0.734. The molecule has 0 bridgehead atoms. The Morgan fingerprint density at radius 1 is 1.12 bits per heavy atom. The van der Waals surface area contributed by atoms with Crippen molar-refractivity contribution in [3.63, 3.8) is 0 Å². The van der Waals surface area contributed by atoms with Crippen molar-refractivity contribution in [3.05, 3.63) is 11.4 Å². The molecule has 0 amide bonds. The van der Waals surface area contributed by atoms with Crippen LogP contribution in [0.4, 0.5) is 5.95 Å². The molecule has 0 fully saturated rings. The highest BCUT2D eigenvalue weighted by molar-refractivity contribution is 6.18. The average molecular weight is 257 g/mol. The van der Waals surface area contributed by atoms with Crippen molar-refractivity contribution >= 4 is 17.5 Å². The van der Waals surface area contributed by atoms with Gasteiger partial charge in [-0.15, -0.1) is 16.7 Å². The predicted molar refractivity (Wildman–Crippen MR) is 71.7 cm³/mol. The van der Waals surface area contributed by atoms with Crippen molar-refractivity contribution in [3.8, 4) is 0 Å². The van der Waals surface area contributed by atoms with E-state index >= 15 is 0 Å². The highest BCUT2D eigenvalue weighted by Crippen LogP contribution is 2.16. The molecule has 0 aliphatic rings. The maximum absolute atomic E-state index is 5.86. The normalized spacial score (nSPS) is 10.9. The zero-order valence-electron chi connectivity index (χ0n) is 11.1. The molecule has 1 heterocycles. The van der Waals surface area contributed by atoms with Gasteiger partial charge < -0.3 is 4.90 Å². The van der Waals surface area contributed by atoms with E-state index in [2.05, 4.69) is 33.9 Å². The molecule has 0 aliphatic heterocycles. The van der Waals surface area contributed by atoms with Crippen LogP contribution in [0, 0.1) is 13.8 Å². The summed E-state index contributed by atoms with van der Waals surface area (Å²) in [6, 6.07) is 0.428. The third-order valence-electron chi connectivity index (χ3n) is 3.05. The molecule has 0 atom stereocenters. The van der Waals surface area contributed by atoms with Crippen LogP contribution >= 0.6 is 11.6 Å². The highest BCUT2D eigenvalue weighted by atomic mass is 35.5. The fraction of sp³-hybridized carbons (Fsp3) is 0.750. The van der Waals surface area contributed by atoms with Gasteiger partial charge in [0.1, 0.15) is 0 Å². The molecule has 0 unspecified atom stereocenters. The van der Waals surface area contributed by atoms with Crippen molar-refractivity contribution < 1.29 is 0 Å². The Morgan fingerprint density at radius 3 is 2.24 bits per heavy atom. The minimum Gasteiger partial charge on any atom is -0.335 e. The minimum atomic E-state index is 0.428. The number of aryl methyl sites for hydroxylation is 2. The number of aromatic nitrogens is 3. The van der Waals surface area contributed by atoms with Crippen molar-refractivity contribution in [1.82, 2.24) is 15.2 Å². The zero-order chi connectivity index (χ0) is 12.8. The summed E-state index contributed by atoms with van der Waals surface area (Å²) in [5.41, 5.74) is 1.81. The highest BCUT2D eigenvalue weighted by Gasteiger charge is 2.18. The molecule has 0 N–H and O–H groups in total. The van der Waals surface area contributed by atoms with E-state index in [1.807, 2.05) is 13.8 Å². The first-order chi connectivity index (χ1) is 8.13. The van der Waals surface area contributed by atoms with E-state index in [9.17, 15) is 0 Å². The number of alkyl halides is 1. The second-order valence-electron chi connectivity index (χ2n) is 4.14. The van der Waals surface area contributed by atoms with Crippen LogP contribution in [0.3, 0.4) is 0 Å². The second kappa shape index (κ2) is 6.74. The van der Waals surface area contributed by atoms with Gasteiger partial charge in [-0.05, 0) is 26.7 Å². The summed E-state index contributed by atoms with van der Waals surface area (Å²) in [5.74, 6) is 1.27. The lowest BCUT2D eigenvalue weighted by Crippen LogP contribution is -2.37. The fourth-order valence-corrected chi connectivity index (χ4v) is 2.02. The fourth-order valence-electron chi connectivity index (χ4n) is 1.83. The zero-order valence-corrected chi connectivity index (χ0v) is 11.8. The van der Waals surface area contributed by atoms with Gasteiger partial charge in [-0.1, -0.05) is 13.8 Å². The Morgan fingerprint density at radius 2 is 1.76 bits per heavy atom. The van der Waals surface area contributed by atoms with Crippen LogP contribution < -0.4 is 4.90 Å². The van der Waals surface area contributed by atoms with Gasteiger partial charge in [0.2, 0.25) is 5.95 Å². The number of hydrogen-bond donors (Lipinski definition) is 0. The van der Waals surface area contributed by atoms with E-state index in [-0.39, 0.29) is 0 Å². The average Bonchev–Trinajstić information content (AvgIpc) is 2.33. The third-order valence-corrected chi connectivity index (χ3v) is 3.22. The molecular formula is C12H21ClN4. The topological polar surface area (TPSA) is 41.9 Å². The lowest BCUT2D eigenvalue weighted by atomic mass is 10.1. The molecule has 0 saturated heterocycles. The standard InChI is InChI=1S/C12H21ClN4/c1-5-11(6-2)17(8-7-13)12-14-9(3)10(4)15-16-12/h11H,5-8H2,1-4H3. The van der Waals surface area contributed by atoms with Crippen LogP contribution in [0.1, 0.15) is 38.1 Å². The SMILES string of the molecule is CCC(CC)N(CCCl)c1nnc(C)c(C)n1. The second-order valence-corrected chi connectivity index (χ2v) is 4.51. The van der Waals surface area contributed by atoms with Gasteiger partial charge in [-0.25, -0.2) is 4.98 Å². The van der Waals surface area contributed by atoms with Crippen LogP contribution in [-0.4, -0.2) is 33.6 Å². The van der Waals surface area contributed by atoms with Crippen LogP contribution in [0.15, 0.2) is 0 Å². The molecule has 0 aliphatic carbocycles. The predicted octanol–water partition coefficient (Wildman–Crippen LogP) is 2.72. The van der Waals surface area contributed by atoms with Crippen molar-refractivity contribution in [2.75, 3.05) is 17.3 Å². The van der Waals surface area contributed by atoms with Gasteiger partial charge in [-0.2, -0.15) is 5.10 Å². The molecule has 96 valence electrons. The lowest BCUT2D eigenvalue weighted by Gasteiger charge is -2.29. The van der Waals surface area contributed by atoms with E-state index in [1.165, 1.54) is 0 Å². The summed E-state index contributed by atoms with van der Waals surface area (Å²) >= 11 is 5.86. The van der Waals surface area contributed by atoms with Gasteiger partial charge in [0, 0.05) is 18.5 Å². The first kappa shape index (κ1) is 14.2. The van der Waals surface area contributed by atoms with Crippen LogP contribution in [0.5, 0.6) is 0 Å². The van der Waals surface area contributed by atoms with Gasteiger partial charge in [0.25, 0.3) is 0 Å². The Balaban J connectivity index is 2.99. The monoisotopic (exact) mass is 256 g/mol. The first-order valence-electron chi connectivity index (χ1n) is 6.14. The van der Waals surface area contributed by atoms with E-state index in [4.69, 9.17) is 11.6 Å². The molecule has 17 heavy (non-hydrogen) atoms. The van der Waals surface area contributed by atoms with Crippen molar-refractivity contribution in [2.24, 2.45) is 0 Å². The van der Waals surface area contributed by atoms with Gasteiger partial charge >= 0.3 is 0 Å². The summed E-state index contributed by atoms with van der Waals surface area (Å²) in [6.07, 6.45) is 2.12. The molecule has 0 spiro atoms. The minimum absolute atomic E-state index is 0.428. The largest absolute Gasteiger partial charge is 0.335 e. The smallest absolute Gasteiger partial charge is 0.245 e. The third kappa shape index (κ3) is 3.53. The summed E-state index contributed by atoms with van der Waals surface area (Å²) in [7, 11) is 0. The molecule has 0 radical (unpaired) electrons. The van der Waals surface area contributed by atoms with Crippen LogP contribution in [0.25, 0.3) is 0 Å². The Kier molecular flexibility index (Phi) is 5.62. The van der Waals surface area contributed by atoms with E-state index in [1.54, 1.807) is 0 Å².